The van der Waals surface area contributed by atoms with Gasteiger partial charge in [-0.1, -0.05) is 26.2 Å². The third-order valence-electron chi connectivity index (χ3n) is 4.43. The molecule has 3 heteroatoms. The number of nitrogens with one attached hydrogen (secondary N) is 1. The Balaban J connectivity index is 1.62. The molecule has 2 aliphatic rings. The van der Waals surface area contributed by atoms with Crippen LogP contribution in [-0.2, 0) is 4.74 Å². The van der Waals surface area contributed by atoms with Gasteiger partial charge in [0.25, 0.3) is 0 Å². The van der Waals surface area contributed by atoms with Crippen molar-refractivity contribution < 1.29 is 9.84 Å². The highest BCUT2D eigenvalue weighted by Crippen LogP contribution is 2.29. The number of hydrogen-bond acceptors (Lipinski definition) is 3. The fourth-order valence-electron chi connectivity index (χ4n) is 3.03. The molecule has 2 aliphatic carbocycles. The van der Waals surface area contributed by atoms with Crippen molar-refractivity contribution in [3.8, 4) is 0 Å². The van der Waals surface area contributed by atoms with Crippen molar-refractivity contribution in [2.45, 2.75) is 76.5 Å². The van der Waals surface area contributed by atoms with Crippen LogP contribution in [0.4, 0.5) is 0 Å². The molecule has 0 aromatic rings. The standard InChI is InChI=1S/C15H29NO2/c1-2-12-5-3-4-6-15(12)18-10-9-14(11-17)16-13-7-8-13/h12-17H,2-11H2,1H3. The van der Waals surface area contributed by atoms with E-state index in [0.29, 0.717) is 12.1 Å². The highest BCUT2D eigenvalue weighted by Gasteiger charge is 2.26. The molecule has 2 fully saturated rings. The summed E-state index contributed by atoms with van der Waals surface area (Å²) < 4.78 is 6.07. The van der Waals surface area contributed by atoms with Gasteiger partial charge < -0.3 is 15.2 Å². The summed E-state index contributed by atoms with van der Waals surface area (Å²) in [4.78, 5) is 0. The Morgan fingerprint density at radius 2 is 2.00 bits per heavy atom. The van der Waals surface area contributed by atoms with E-state index in [2.05, 4.69) is 12.2 Å². The van der Waals surface area contributed by atoms with Crippen LogP contribution >= 0.6 is 0 Å². The summed E-state index contributed by atoms with van der Waals surface area (Å²) in [6.07, 6.45) is 10.5. The molecule has 0 amide bonds. The smallest absolute Gasteiger partial charge is 0.0603 e. The predicted molar refractivity (Wildman–Crippen MR) is 73.6 cm³/mol. The maximum Gasteiger partial charge on any atom is 0.0603 e. The van der Waals surface area contributed by atoms with E-state index in [0.717, 1.165) is 18.9 Å². The van der Waals surface area contributed by atoms with Crippen molar-refractivity contribution in [3.05, 3.63) is 0 Å². The third kappa shape index (κ3) is 4.52. The van der Waals surface area contributed by atoms with Crippen molar-refractivity contribution in [2.24, 2.45) is 5.92 Å². The number of ether oxygens (including phenoxy) is 1. The molecule has 0 heterocycles. The summed E-state index contributed by atoms with van der Waals surface area (Å²) in [5.41, 5.74) is 0. The molecule has 0 spiro atoms. The van der Waals surface area contributed by atoms with E-state index < -0.39 is 0 Å². The van der Waals surface area contributed by atoms with Crippen molar-refractivity contribution in [2.75, 3.05) is 13.2 Å². The molecule has 0 aromatic carbocycles. The van der Waals surface area contributed by atoms with E-state index >= 15 is 0 Å². The molecule has 0 radical (unpaired) electrons. The fraction of sp³-hybridized carbons (Fsp3) is 1.00. The van der Waals surface area contributed by atoms with Gasteiger partial charge in [0.1, 0.15) is 0 Å². The molecular weight excluding hydrogens is 226 g/mol. The third-order valence-corrected chi connectivity index (χ3v) is 4.43. The monoisotopic (exact) mass is 255 g/mol. The first-order valence-corrected chi connectivity index (χ1v) is 7.82. The summed E-state index contributed by atoms with van der Waals surface area (Å²) >= 11 is 0. The highest BCUT2D eigenvalue weighted by atomic mass is 16.5. The summed E-state index contributed by atoms with van der Waals surface area (Å²) in [6.45, 7) is 3.31. The van der Waals surface area contributed by atoms with Crippen LogP contribution in [0, 0.1) is 5.92 Å². The van der Waals surface area contributed by atoms with Crippen LogP contribution in [0.5, 0.6) is 0 Å². The number of aliphatic hydroxyl groups excluding tert-OH is 1. The van der Waals surface area contributed by atoms with Crippen molar-refractivity contribution >= 4 is 0 Å². The second-order valence-electron chi connectivity index (χ2n) is 5.97. The number of rotatable bonds is 8. The first-order chi connectivity index (χ1) is 8.83. The van der Waals surface area contributed by atoms with Crippen LogP contribution in [0.3, 0.4) is 0 Å². The van der Waals surface area contributed by atoms with E-state index in [1.807, 2.05) is 0 Å². The Morgan fingerprint density at radius 1 is 1.22 bits per heavy atom. The molecule has 2 rings (SSSR count). The summed E-state index contributed by atoms with van der Waals surface area (Å²) in [6, 6.07) is 0.904. The quantitative estimate of drug-likeness (QED) is 0.700. The minimum Gasteiger partial charge on any atom is -0.395 e. The molecule has 0 aliphatic heterocycles. The maximum atomic E-state index is 9.32. The molecule has 0 bridgehead atoms. The van der Waals surface area contributed by atoms with Crippen LogP contribution in [-0.4, -0.2) is 36.5 Å². The van der Waals surface area contributed by atoms with Crippen LogP contribution < -0.4 is 5.32 Å². The van der Waals surface area contributed by atoms with Gasteiger partial charge in [-0.3, -0.25) is 0 Å². The average Bonchev–Trinajstić information content (AvgIpc) is 3.22. The van der Waals surface area contributed by atoms with Gasteiger partial charge in [-0.25, -0.2) is 0 Å². The zero-order valence-corrected chi connectivity index (χ0v) is 11.7. The van der Waals surface area contributed by atoms with Gasteiger partial charge in [-0.2, -0.15) is 0 Å². The van der Waals surface area contributed by atoms with E-state index in [4.69, 9.17) is 4.74 Å². The second kappa shape index (κ2) is 7.46. The molecule has 2 saturated carbocycles. The Bertz CT molecular complexity index is 231. The van der Waals surface area contributed by atoms with Crippen molar-refractivity contribution in [1.82, 2.24) is 5.32 Å². The molecule has 106 valence electrons. The zero-order valence-electron chi connectivity index (χ0n) is 11.7. The zero-order chi connectivity index (χ0) is 12.8. The van der Waals surface area contributed by atoms with E-state index in [9.17, 15) is 5.11 Å². The van der Waals surface area contributed by atoms with E-state index in [1.165, 1.54) is 44.9 Å². The van der Waals surface area contributed by atoms with Crippen LogP contribution in [0.1, 0.15) is 58.3 Å². The molecule has 3 atom stereocenters. The topological polar surface area (TPSA) is 41.5 Å². The summed E-state index contributed by atoms with van der Waals surface area (Å²) in [5.74, 6) is 0.766. The fourth-order valence-corrected chi connectivity index (χ4v) is 3.03. The average molecular weight is 255 g/mol. The molecule has 2 N–H and O–H groups in total. The van der Waals surface area contributed by atoms with Crippen molar-refractivity contribution in [3.63, 3.8) is 0 Å². The van der Waals surface area contributed by atoms with Gasteiger partial charge in [0.05, 0.1) is 12.7 Å². The van der Waals surface area contributed by atoms with Crippen LogP contribution in [0.25, 0.3) is 0 Å². The van der Waals surface area contributed by atoms with Gasteiger partial charge >= 0.3 is 0 Å². The lowest BCUT2D eigenvalue weighted by Crippen LogP contribution is -2.36. The largest absolute Gasteiger partial charge is 0.395 e. The Labute approximate surface area is 111 Å². The number of aliphatic hydroxyl groups is 1. The SMILES string of the molecule is CCC1CCCCC1OCCC(CO)NC1CC1. The van der Waals surface area contributed by atoms with Gasteiger partial charge in [-0.05, 0) is 38.0 Å². The first-order valence-electron chi connectivity index (χ1n) is 7.82. The predicted octanol–water partition coefficient (Wildman–Crippen LogP) is 2.47. The molecule has 18 heavy (non-hydrogen) atoms. The van der Waals surface area contributed by atoms with Gasteiger partial charge in [0.15, 0.2) is 0 Å². The van der Waals surface area contributed by atoms with E-state index in [-0.39, 0.29) is 12.6 Å². The molecule has 3 unspecified atom stereocenters. The van der Waals surface area contributed by atoms with Gasteiger partial charge in [0, 0.05) is 18.7 Å². The van der Waals surface area contributed by atoms with Crippen molar-refractivity contribution in [1.29, 1.82) is 0 Å². The Morgan fingerprint density at radius 3 is 2.67 bits per heavy atom. The minimum absolute atomic E-state index is 0.237. The lowest BCUT2D eigenvalue weighted by atomic mass is 9.85. The van der Waals surface area contributed by atoms with Crippen LogP contribution in [0.2, 0.25) is 0 Å². The lowest BCUT2D eigenvalue weighted by molar-refractivity contribution is -0.0171. The molecule has 0 saturated heterocycles. The lowest BCUT2D eigenvalue weighted by Gasteiger charge is -2.31. The molecule has 3 nitrogen and oxygen atoms in total. The maximum absolute atomic E-state index is 9.32. The molecular formula is C15H29NO2. The van der Waals surface area contributed by atoms with Crippen LogP contribution in [0.15, 0.2) is 0 Å². The first kappa shape index (κ1) is 14.3. The minimum atomic E-state index is 0.237. The second-order valence-corrected chi connectivity index (χ2v) is 5.97. The Kier molecular flexibility index (Phi) is 5.93. The number of hydrogen-bond donors (Lipinski definition) is 2. The van der Waals surface area contributed by atoms with Gasteiger partial charge in [0.2, 0.25) is 0 Å². The normalized spacial score (nSPS) is 30.3. The highest BCUT2D eigenvalue weighted by molar-refractivity contribution is 4.84. The summed E-state index contributed by atoms with van der Waals surface area (Å²) in [5, 5.41) is 12.8. The molecule has 0 aromatic heterocycles. The van der Waals surface area contributed by atoms with Gasteiger partial charge in [-0.15, -0.1) is 0 Å². The Hall–Kier alpha value is -0.120. The van der Waals surface area contributed by atoms with E-state index in [1.54, 1.807) is 0 Å². The summed E-state index contributed by atoms with van der Waals surface area (Å²) in [7, 11) is 0.